The van der Waals surface area contributed by atoms with Crippen LogP contribution < -0.4 is 10.2 Å². The fourth-order valence-electron chi connectivity index (χ4n) is 3.62. The summed E-state index contributed by atoms with van der Waals surface area (Å²) in [6.07, 6.45) is 1.43. The average molecular weight is 478 g/mol. The van der Waals surface area contributed by atoms with Crippen LogP contribution in [-0.2, 0) is 9.59 Å². The van der Waals surface area contributed by atoms with Gasteiger partial charge in [0.25, 0.3) is 0 Å². The Kier molecular flexibility index (Phi) is 6.10. The minimum atomic E-state index is -1.13. The molecule has 0 spiro atoms. The van der Waals surface area contributed by atoms with Gasteiger partial charge >= 0.3 is 0 Å². The lowest BCUT2D eigenvalue weighted by Gasteiger charge is -2.25. The minimum absolute atomic E-state index is 0.0205. The molecule has 0 bridgehead atoms. The number of rotatable bonds is 4. The molecule has 0 unspecified atom stereocenters. The molecule has 1 aliphatic heterocycles. The zero-order chi connectivity index (χ0) is 23.0. The predicted molar refractivity (Wildman–Crippen MR) is 117 cm³/mol. The van der Waals surface area contributed by atoms with Gasteiger partial charge in [-0.05, 0) is 36.4 Å². The molecule has 0 fully saturated rings. The molecule has 164 valence electrons. The Balaban J connectivity index is 1.77. The average Bonchev–Trinajstić information content (AvgIpc) is 2.84. The molecular weight excluding hydrogens is 463 g/mol. The van der Waals surface area contributed by atoms with E-state index in [9.17, 15) is 19.1 Å². The number of fused-ring (bicyclic) bond motifs is 3. The summed E-state index contributed by atoms with van der Waals surface area (Å²) in [5.41, 5.74) is 0.715. The summed E-state index contributed by atoms with van der Waals surface area (Å²) in [5.74, 6) is -3.90. The van der Waals surface area contributed by atoms with E-state index >= 15 is 4.39 Å². The first-order valence-electron chi connectivity index (χ1n) is 9.41. The van der Waals surface area contributed by atoms with Crippen LogP contribution in [0.1, 0.15) is 11.6 Å². The number of amides is 2. The largest absolute Gasteiger partial charge is 0.395 e. The van der Waals surface area contributed by atoms with Crippen LogP contribution in [-0.4, -0.2) is 35.1 Å². The van der Waals surface area contributed by atoms with Gasteiger partial charge in [-0.15, -0.1) is 0 Å². The number of benzene rings is 2. The molecule has 1 atom stereocenters. The lowest BCUT2D eigenvalue weighted by Crippen LogP contribution is -2.41. The molecule has 2 aromatic carbocycles. The normalized spacial score (nSPS) is 15.1. The molecule has 4 rings (SSSR count). The van der Waals surface area contributed by atoms with E-state index in [-0.39, 0.29) is 32.7 Å². The second kappa shape index (κ2) is 8.82. The van der Waals surface area contributed by atoms with E-state index in [1.165, 1.54) is 24.4 Å². The summed E-state index contributed by atoms with van der Waals surface area (Å²) in [6.45, 7) is -1.15. The summed E-state index contributed by atoms with van der Waals surface area (Å²) in [7, 11) is 0. The summed E-state index contributed by atoms with van der Waals surface area (Å²) in [4.78, 5) is 31.2. The van der Waals surface area contributed by atoms with Crippen LogP contribution in [0.5, 0.6) is 0 Å². The second-order valence-corrected chi connectivity index (χ2v) is 7.90. The Hall–Kier alpha value is -3.07. The number of aromatic nitrogens is 1. The monoisotopic (exact) mass is 477 g/mol. The third-order valence-corrected chi connectivity index (χ3v) is 5.54. The summed E-state index contributed by atoms with van der Waals surface area (Å²) < 4.78 is 28.7. The molecule has 2 heterocycles. The van der Waals surface area contributed by atoms with Crippen molar-refractivity contribution in [2.75, 3.05) is 23.4 Å². The van der Waals surface area contributed by atoms with Gasteiger partial charge in [-0.25, -0.2) is 8.78 Å². The maximum Gasteiger partial charge on any atom is 0.244 e. The topological polar surface area (TPSA) is 82.5 Å². The Morgan fingerprint density at radius 1 is 1.16 bits per heavy atom. The van der Waals surface area contributed by atoms with Crippen molar-refractivity contribution in [3.8, 4) is 11.1 Å². The fraction of sp³-hybridized carbons (Fsp3) is 0.136. The van der Waals surface area contributed by atoms with E-state index in [4.69, 9.17) is 23.2 Å². The van der Waals surface area contributed by atoms with Crippen molar-refractivity contribution in [2.45, 2.75) is 5.92 Å². The van der Waals surface area contributed by atoms with Crippen LogP contribution in [0.3, 0.4) is 0 Å². The Morgan fingerprint density at radius 3 is 2.66 bits per heavy atom. The molecule has 0 radical (unpaired) electrons. The number of carbonyl (C=O) groups is 2. The van der Waals surface area contributed by atoms with Crippen LogP contribution in [0.25, 0.3) is 11.1 Å². The number of halogens is 4. The van der Waals surface area contributed by atoms with Crippen LogP contribution in [0.2, 0.25) is 10.0 Å². The number of carbonyl (C=O) groups excluding carboxylic acids is 2. The van der Waals surface area contributed by atoms with Crippen molar-refractivity contribution >= 4 is 46.4 Å². The SMILES string of the molecule is O=C(CN1C(=O)[C@H](CO)c2ncccc2-c2c(F)cc(Cl)cc21)Nc1ccc(Cl)c(F)c1. The van der Waals surface area contributed by atoms with Crippen LogP contribution in [0.15, 0.2) is 48.7 Å². The highest BCUT2D eigenvalue weighted by molar-refractivity contribution is 6.31. The lowest BCUT2D eigenvalue weighted by atomic mass is 9.96. The molecule has 1 aliphatic rings. The number of aliphatic hydroxyl groups excluding tert-OH is 1. The molecular formula is C22H15Cl2F2N3O3. The third kappa shape index (κ3) is 4.04. The first kappa shape index (κ1) is 22.1. The van der Waals surface area contributed by atoms with E-state index < -0.39 is 42.5 Å². The van der Waals surface area contributed by atoms with Crippen molar-refractivity contribution < 1.29 is 23.5 Å². The van der Waals surface area contributed by atoms with Gasteiger partial charge in [-0.3, -0.25) is 14.6 Å². The second-order valence-electron chi connectivity index (χ2n) is 7.05. The van der Waals surface area contributed by atoms with Gasteiger partial charge in [0.05, 0.1) is 23.0 Å². The van der Waals surface area contributed by atoms with E-state index in [1.807, 2.05) is 0 Å². The van der Waals surface area contributed by atoms with Gasteiger partial charge in [0, 0.05) is 28.0 Å². The number of hydrogen-bond acceptors (Lipinski definition) is 4. The van der Waals surface area contributed by atoms with Gasteiger partial charge in [0.2, 0.25) is 11.8 Å². The maximum atomic E-state index is 15.0. The Morgan fingerprint density at radius 2 is 1.94 bits per heavy atom. The van der Waals surface area contributed by atoms with Gasteiger partial charge in [-0.2, -0.15) is 0 Å². The summed E-state index contributed by atoms with van der Waals surface area (Å²) in [5, 5.41) is 12.3. The molecule has 10 heteroatoms. The van der Waals surface area contributed by atoms with E-state index in [0.29, 0.717) is 5.56 Å². The number of anilines is 2. The van der Waals surface area contributed by atoms with Gasteiger partial charge < -0.3 is 15.3 Å². The predicted octanol–water partition coefficient (Wildman–Crippen LogP) is 4.39. The molecule has 2 N–H and O–H groups in total. The first-order chi connectivity index (χ1) is 15.3. The van der Waals surface area contributed by atoms with E-state index in [0.717, 1.165) is 17.0 Å². The van der Waals surface area contributed by atoms with Crippen LogP contribution in [0, 0.1) is 11.6 Å². The standard InChI is InChI=1S/C22H15Cl2F2N3O3/c23-11-6-17(26)20-13-2-1-5-27-21(13)14(10-30)22(32)29(18(20)7-11)9-19(31)28-12-3-4-15(24)16(25)8-12/h1-8,14,30H,9-10H2,(H,28,31)/t14-/m1/s1. The lowest BCUT2D eigenvalue weighted by molar-refractivity contribution is -0.123. The number of nitrogens with one attached hydrogen (secondary N) is 1. The smallest absolute Gasteiger partial charge is 0.244 e. The Labute approximate surface area is 191 Å². The molecule has 3 aromatic rings. The molecule has 0 saturated heterocycles. The Bertz CT molecular complexity index is 1240. The fourth-order valence-corrected chi connectivity index (χ4v) is 3.93. The molecule has 6 nitrogen and oxygen atoms in total. The first-order valence-corrected chi connectivity index (χ1v) is 10.2. The molecule has 1 aromatic heterocycles. The highest BCUT2D eigenvalue weighted by Crippen LogP contribution is 2.42. The number of hydrogen-bond donors (Lipinski definition) is 2. The molecule has 0 saturated carbocycles. The van der Waals surface area contributed by atoms with Crippen molar-refractivity contribution in [3.05, 3.63) is 76.0 Å². The number of aliphatic hydroxyl groups is 1. The van der Waals surface area contributed by atoms with Gasteiger partial charge in [0.15, 0.2) is 0 Å². The van der Waals surface area contributed by atoms with Crippen molar-refractivity contribution in [1.82, 2.24) is 4.98 Å². The van der Waals surface area contributed by atoms with Crippen molar-refractivity contribution in [2.24, 2.45) is 0 Å². The van der Waals surface area contributed by atoms with Crippen molar-refractivity contribution in [1.29, 1.82) is 0 Å². The van der Waals surface area contributed by atoms with Gasteiger partial charge in [0.1, 0.15) is 24.1 Å². The highest BCUT2D eigenvalue weighted by Gasteiger charge is 2.37. The molecule has 2 amide bonds. The highest BCUT2D eigenvalue weighted by atomic mass is 35.5. The van der Waals surface area contributed by atoms with Crippen LogP contribution in [0.4, 0.5) is 20.2 Å². The number of pyridine rings is 1. The quantitative estimate of drug-likeness (QED) is 0.583. The minimum Gasteiger partial charge on any atom is -0.395 e. The number of nitrogens with zero attached hydrogens (tertiary/aromatic N) is 2. The maximum absolute atomic E-state index is 15.0. The molecule has 32 heavy (non-hydrogen) atoms. The zero-order valence-electron chi connectivity index (χ0n) is 16.3. The van der Waals surface area contributed by atoms with Crippen LogP contribution >= 0.6 is 23.2 Å². The molecule has 0 aliphatic carbocycles. The van der Waals surface area contributed by atoms with Gasteiger partial charge in [-0.1, -0.05) is 29.3 Å². The summed E-state index contributed by atoms with van der Waals surface area (Å²) >= 11 is 11.7. The third-order valence-electron chi connectivity index (χ3n) is 5.01. The van der Waals surface area contributed by atoms with E-state index in [1.54, 1.807) is 12.1 Å². The zero-order valence-corrected chi connectivity index (χ0v) is 17.8. The summed E-state index contributed by atoms with van der Waals surface area (Å²) in [6, 6.07) is 9.32. The van der Waals surface area contributed by atoms with Crippen molar-refractivity contribution in [3.63, 3.8) is 0 Å². The van der Waals surface area contributed by atoms with E-state index in [2.05, 4.69) is 10.3 Å².